The number of aliphatic hydroxyl groups excluding tert-OH is 1. The second-order valence-corrected chi connectivity index (χ2v) is 20.9. The lowest BCUT2D eigenvalue weighted by Crippen LogP contribution is -2.61. The van der Waals surface area contributed by atoms with Gasteiger partial charge < -0.3 is 38.8 Å². The number of piperidine rings is 1. The zero-order chi connectivity index (χ0) is 49.7. The largest absolute Gasteiger partial charge is 0.460 e. The number of carbonyl (C=O) groups excluding carboxylic acids is 5. The molecule has 378 valence electrons. The van der Waals surface area contributed by atoms with E-state index in [1.54, 1.807) is 28.1 Å². The van der Waals surface area contributed by atoms with Crippen LogP contribution in [0.1, 0.15) is 146 Å². The molecule has 0 aromatic heterocycles. The summed E-state index contributed by atoms with van der Waals surface area (Å²) in [6.07, 6.45) is 13.9. The van der Waals surface area contributed by atoms with Crippen molar-refractivity contribution in [2.75, 3.05) is 20.8 Å². The fourth-order valence-corrected chi connectivity index (χ4v) is 10.7. The van der Waals surface area contributed by atoms with Crippen LogP contribution in [0.3, 0.4) is 0 Å². The molecule has 4 rings (SSSR count). The van der Waals surface area contributed by atoms with E-state index in [1.807, 2.05) is 78.8 Å². The summed E-state index contributed by atoms with van der Waals surface area (Å²) in [5, 5.41) is 22.5. The predicted molar refractivity (Wildman–Crippen MR) is 258 cm³/mol. The summed E-state index contributed by atoms with van der Waals surface area (Å²) in [4.78, 5) is 72.6. The van der Waals surface area contributed by atoms with Crippen LogP contribution >= 0.6 is 0 Å². The molecule has 3 heterocycles. The van der Waals surface area contributed by atoms with E-state index in [-0.39, 0.29) is 66.8 Å². The van der Waals surface area contributed by atoms with Gasteiger partial charge >= 0.3 is 5.97 Å². The lowest BCUT2D eigenvalue weighted by molar-refractivity contribution is -0.265. The topological polar surface area (TPSA) is 175 Å². The van der Waals surface area contributed by atoms with Crippen molar-refractivity contribution in [2.45, 2.75) is 201 Å². The number of aliphatic hydroxyl groups is 2. The van der Waals surface area contributed by atoms with Crippen LogP contribution in [0.5, 0.6) is 0 Å². The molecule has 67 heavy (non-hydrogen) atoms. The molecule has 13 heteroatoms. The first-order valence-corrected chi connectivity index (χ1v) is 25.2. The minimum atomic E-state index is -2.41. The average molecular weight is 940 g/mol. The molecule has 3 fully saturated rings. The summed E-state index contributed by atoms with van der Waals surface area (Å²) in [5.41, 5.74) is 1.67. The Kier molecular flexibility index (Phi) is 21.9. The maximum atomic E-state index is 14.5. The van der Waals surface area contributed by atoms with Gasteiger partial charge in [0.15, 0.2) is 0 Å². The second kappa shape index (κ2) is 26.0. The summed E-state index contributed by atoms with van der Waals surface area (Å²) in [6, 6.07) is -1.11. The first-order valence-electron chi connectivity index (χ1n) is 25.2. The molecule has 1 amide bonds. The molecule has 0 aromatic rings. The third-order valence-electron chi connectivity index (χ3n) is 15.0. The number of cyclic esters (lactones) is 1. The molecule has 2 bridgehead atoms. The number of hydrogen-bond donors (Lipinski definition) is 2. The predicted octanol–water partition coefficient (Wildman–Crippen LogP) is 8.23. The average Bonchev–Trinajstić information content (AvgIpc) is 3.29. The number of esters is 1. The third-order valence-corrected chi connectivity index (χ3v) is 15.0. The van der Waals surface area contributed by atoms with E-state index in [0.29, 0.717) is 57.8 Å². The molecule has 2 saturated heterocycles. The number of nitrogens with zero attached hydrogens (tertiary/aromatic N) is 1. The molecule has 0 unspecified atom stereocenters. The van der Waals surface area contributed by atoms with Crippen LogP contribution in [0.25, 0.3) is 0 Å². The van der Waals surface area contributed by atoms with Crippen molar-refractivity contribution in [1.29, 1.82) is 0 Å². The maximum absolute atomic E-state index is 14.5. The second-order valence-electron chi connectivity index (χ2n) is 20.9. The fraction of sp³-hybridized carbons (Fsp3) is 0.759. The van der Waals surface area contributed by atoms with Gasteiger partial charge in [0.05, 0.1) is 36.6 Å². The Bertz CT molecular complexity index is 1800. The van der Waals surface area contributed by atoms with E-state index >= 15 is 0 Å². The summed E-state index contributed by atoms with van der Waals surface area (Å²) in [6.45, 7) is 19.2. The molecular formula is C54H85NO12. The van der Waals surface area contributed by atoms with Gasteiger partial charge in [0.2, 0.25) is 5.79 Å². The van der Waals surface area contributed by atoms with Crippen LogP contribution < -0.4 is 0 Å². The van der Waals surface area contributed by atoms with E-state index in [1.165, 1.54) is 4.90 Å². The van der Waals surface area contributed by atoms with Gasteiger partial charge in [-0.3, -0.25) is 19.2 Å². The van der Waals surface area contributed by atoms with Crippen molar-refractivity contribution < 1.29 is 57.9 Å². The summed E-state index contributed by atoms with van der Waals surface area (Å²) in [7, 11) is 3.18. The van der Waals surface area contributed by atoms with Crippen LogP contribution in [0.15, 0.2) is 47.6 Å². The molecule has 0 aromatic carbocycles. The molecule has 1 aliphatic carbocycles. The van der Waals surface area contributed by atoms with Crippen LogP contribution in [-0.2, 0) is 47.7 Å². The van der Waals surface area contributed by atoms with Crippen LogP contribution in [0.2, 0.25) is 0 Å². The maximum Gasteiger partial charge on any atom is 0.329 e. The Morgan fingerprint density at radius 1 is 0.851 bits per heavy atom. The Morgan fingerprint density at radius 3 is 2.24 bits per heavy atom. The molecule has 1 saturated carbocycles. The summed E-state index contributed by atoms with van der Waals surface area (Å²) in [5.74, 6) is -7.41. The monoisotopic (exact) mass is 940 g/mol. The van der Waals surface area contributed by atoms with Crippen molar-refractivity contribution in [3.05, 3.63) is 47.6 Å². The van der Waals surface area contributed by atoms with E-state index in [2.05, 4.69) is 13.0 Å². The standard InChI is InChI=1S/C54H85NO12/c1-32(2)65-50-38(8)27-35(5)45(57)31-47(36(6)28-41-22-24-44(56)48(29-41)64-12)66-53(61)43-20-16-17-25-55(43)52(60)51(59)54(62)39(9)21-23-42(67-54)30-46(63-11)34(4)19-15-13-14-18-33(3)26-37(7)49(58)40(50)10/h13-15,18-19,27,32-33,35-37,39-44,46-48,50,56,62H,16-17,20-26,28-31H2,1-12H3/b15-13?,18-14+,34-19?,38-27+/t33-,35-,36-,37-,39-,40+,41+,42+,43+,44-,46+,47+,48-,50-,54-/m1/s1. The third kappa shape index (κ3) is 15.3. The van der Waals surface area contributed by atoms with Crippen molar-refractivity contribution >= 4 is 29.2 Å². The number of carbonyl (C=O) groups is 5. The number of amides is 1. The van der Waals surface area contributed by atoms with Crippen molar-refractivity contribution in [2.24, 2.45) is 41.4 Å². The quantitative estimate of drug-likeness (QED) is 0.142. The summed E-state index contributed by atoms with van der Waals surface area (Å²) >= 11 is 0. The van der Waals surface area contributed by atoms with E-state index in [9.17, 15) is 34.2 Å². The van der Waals surface area contributed by atoms with Crippen LogP contribution in [0.4, 0.5) is 0 Å². The zero-order valence-electron chi connectivity index (χ0n) is 42.7. The summed E-state index contributed by atoms with van der Waals surface area (Å²) < 4.78 is 30.4. The van der Waals surface area contributed by atoms with E-state index in [0.717, 1.165) is 17.6 Å². The van der Waals surface area contributed by atoms with Crippen LogP contribution in [-0.4, -0.2) is 120 Å². The Labute approximate surface area is 401 Å². The zero-order valence-corrected chi connectivity index (χ0v) is 42.7. The number of fused-ring (bicyclic) bond motifs is 3. The van der Waals surface area contributed by atoms with Gasteiger partial charge in [-0.05, 0) is 121 Å². The number of rotatable bonds is 7. The molecule has 3 aliphatic heterocycles. The molecule has 15 atom stereocenters. The highest BCUT2D eigenvalue weighted by molar-refractivity contribution is 6.39. The van der Waals surface area contributed by atoms with Gasteiger partial charge in [0.25, 0.3) is 11.7 Å². The first-order chi connectivity index (χ1) is 31.6. The smallest absolute Gasteiger partial charge is 0.329 e. The molecule has 0 spiro atoms. The molecule has 2 N–H and O–H groups in total. The lowest BCUT2D eigenvalue weighted by Gasteiger charge is -2.42. The highest BCUT2D eigenvalue weighted by atomic mass is 16.6. The Morgan fingerprint density at radius 2 is 1.57 bits per heavy atom. The van der Waals surface area contributed by atoms with Gasteiger partial charge in [-0.2, -0.15) is 0 Å². The number of methoxy groups -OCH3 is 2. The number of ether oxygens (including phenoxy) is 5. The van der Waals surface area contributed by atoms with Gasteiger partial charge in [0.1, 0.15) is 23.7 Å². The lowest BCUT2D eigenvalue weighted by atomic mass is 9.78. The molecule has 4 aliphatic rings. The van der Waals surface area contributed by atoms with Crippen LogP contribution in [0, 0.1) is 41.4 Å². The fourth-order valence-electron chi connectivity index (χ4n) is 10.7. The highest BCUT2D eigenvalue weighted by Gasteiger charge is 2.53. The van der Waals surface area contributed by atoms with Gasteiger partial charge in [-0.1, -0.05) is 78.0 Å². The first kappa shape index (κ1) is 56.3. The Hall–Kier alpha value is -3.33. The van der Waals surface area contributed by atoms with Gasteiger partial charge in [-0.25, -0.2) is 4.79 Å². The van der Waals surface area contributed by atoms with Crippen molar-refractivity contribution in [3.8, 4) is 0 Å². The molecular weight excluding hydrogens is 855 g/mol. The van der Waals surface area contributed by atoms with E-state index < -0.39 is 77.8 Å². The SMILES string of the molecule is CO[C@H]1C[C@@H]2CC[C@@H](C)[C@@](O)(O2)C(=O)C(=O)N2CCCC[C@H]2C(=O)O[C@H]([C@H](C)C[C@@H]2CC[C@@H](O)[C@H](OC)C2)CC(=O)[C@H](C)/C=C(\C)[C@@H](OC(C)C)[C@@H](C)C(=O)[C@H](C)C[C@H](C)/C=C/C=CC=C1C. The molecule has 13 nitrogen and oxygen atoms in total. The van der Waals surface area contributed by atoms with Crippen molar-refractivity contribution in [3.63, 3.8) is 0 Å². The minimum Gasteiger partial charge on any atom is -0.460 e. The normalized spacial score (nSPS) is 38.4. The highest BCUT2D eigenvalue weighted by Crippen LogP contribution is 2.38. The molecule has 0 radical (unpaired) electrons. The number of allylic oxidation sites excluding steroid dienone is 6. The van der Waals surface area contributed by atoms with Gasteiger partial charge in [-0.15, -0.1) is 0 Å². The number of hydrogen-bond acceptors (Lipinski definition) is 12. The van der Waals surface area contributed by atoms with E-state index in [4.69, 9.17) is 23.7 Å². The van der Waals surface area contributed by atoms with Gasteiger partial charge in [0, 0.05) is 57.3 Å². The number of ketones is 3. The minimum absolute atomic E-state index is 0.0832. The van der Waals surface area contributed by atoms with Crippen molar-refractivity contribution in [1.82, 2.24) is 4.90 Å². The number of Topliss-reactive ketones (excluding diaryl/α,β-unsaturated/α-hetero) is 3. The Balaban J connectivity index is 1.73.